The van der Waals surface area contributed by atoms with Gasteiger partial charge < -0.3 is 14.8 Å². The van der Waals surface area contributed by atoms with E-state index in [4.69, 9.17) is 9.47 Å². The lowest BCUT2D eigenvalue weighted by molar-refractivity contribution is 0.359. The fourth-order valence-electron chi connectivity index (χ4n) is 1.69. The highest BCUT2D eigenvalue weighted by molar-refractivity contribution is 7.09. The quantitative estimate of drug-likeness (QED) is 0.865. The maximum Gasteiger partial charge on any atom is 0.224 e. The molecule has 0 fully saturated rings. The summed E-state index contributed by atoms with van der Waals surface area (Å²) in [7, 11) is 3.16. The number of ether oxygens (including phenoxy) is 2. The predicted octanol–water partition coefficient (Wildman–Crippen LogP) is 1.55. The van der Waals surface area contributed by atoms with Gasteiger partial charge in [0.05, 0.1) is 30.5 Å². The van der Waals surface area contributed by atoms with E-state index < -0.39 is 0 Å². The molecule has 0 bridgehead atoms. The van der Waals surface area contributed by atoms with Gasteiger partial charge >= 0.3 is 0 Å². The number of aryl methyl sites for hydroxylation is 1. The van der Waals surface area contributed by atoms with Gasteiger partial charge in [0, 0.05) is 18.5 Å². The summed E-state index contributed by atoms with van der Waals surface area (Å²) in [5.74, 6) is 1.04. The molecule has 2 aromatic heterocycles. The molecular weight excluding hydrogens is 264 g/mol. The largest absolute Gasteiger partial charge is 0.481 e. The highest BCUT2D eigenvalue weighted by Crippen LogP contribution is 2.23. The summed E-state index contributed by atoms with van der Waals surface area (Å²) in [4.78, 5) is 12.5. The molecule has 0 aromatic carbocycles. The van der Waals surface area contributed by atoms with Crippen LogP contribution in [0.5, 0.6) is 11.8 Å². The van der Waals surface area contributed by atoms with E-state index in [-0.39, 0.29) is 0 Å². The fraction of sp³-hybridized carbons (Fsp3) is 0.417. The van der Waals surface area contributed by atoms with Gasteiger partial charge in [-0.15, -0.1) is 11.3 Å². The van der Waals surface area contributed by atoms with E-state index in [0.717, 1.165) is 16.3 Å². The zero-order valence-corrected chi connectivity index (χ0v) is 12.0. The number of aromatic nitrogens is 3. The SMILES string of the molecule is COc1ncnc(OC)c1CNCc1csc(C)n1. The van der Waals surface area contributed by atoms with Crippen LogP contribution in [0.15, 0.2) is 11.7 Å². The van der Waals surface area contributed by atoms with Crippen molar-refractivity contribution in [3.63, 3.8) is 0 Å². The number of nitrogens with zero attached hydrogens (tertiary/aromatic N) is 3. The van der Waals surface area contributed by atoms with Crippen molar-refractivity contribution in [1.82, 2.24) is 20.3 Å². The Morgan fingerprint density at radius 3 is 2.37 bits per heavy atom. The van der Waals surface area contributed by atoms with E-state index in [1.165, 1.54) is 6.33 Å². The van der Waals surface area contributed by atoms with E-state index in [2.05, 4.69) is 20.3 Å². The third-order valence-corrected chi connectivity index (χ3v) is 3.35. The molecule has 2 aromatic rings. The highest BCUT2D eigenvalue weighted by atomic mass is 32.1. The van der Waals surface area contributed by atoms with Crippen LogP contribution in [-0.4, -0.2) is 29.2 Å². The molecule has 1 N–H and O–H groups in total. The molecular formula is C12H16N4O2S. The number of nitrogens with one attached hydrogen (secondary N) is 1. The van der Waals surface area contributed by atoms with Gasteiger partial charge in [0.2, 0.25) is 11.8 Å². The van der Waals surface area contributed by atoms with Crippen molar-refractivity contribution in [3.05, 3.63) is 28.0 Å². The van der Waals surface area contributed by atoms with Crippen LogP contribution < -0.4 is 14.8 Å². The standard InChI is InChI=1S/C12H16N4O2S/c1-8-16-9(6-19-8)4-13-5-10-11(17-2)14-7-15-12(10)18-3/h6-7,13H,4-5H2,1-3H3. The maximum absolute atomic E-state index is 5.21. The maximum atomic E-state index is 5.21. The Morgan fingerprint density at radius 1 is 1.16 bits per heavy atom. The zero-order valence-electron chi connectivity index (χ0n) is 11.1. The summed E-state index contributed by atoms with van der Waals surface area (Å²) in [6.45, 7) is 3.24. The van der Waals surface area contributed by atoms with Crippen molar-refractivity contribution in [3.8, 4) is 11.8 Å². The smallest absolute Gasteiger partial charge is 0.224 e. The molecule has 0 aliphatic heterocycles. The summed E-state index contributed by atoms with van der Waals surface area (Å²) in [6, 6.07) is 0. The Labute approximate surface area is 115 Å². The first-order valence-corrected chi connectivity index (χ1v) is 6.66. The zero-order chi connectivity index (χ0) is 13.7. The molecule has 0 unspecified atom stereocenters. The second-order valence-electron chi connectivity index (χ2n) is 3.83. The first-order chi connectivity index (χ1) is 9.24. The summed E-state index contributed by atoms with van der Waals surface area (Å²) >= 11 is 1.64. The number of methoxy groups -OCH3 is 2. The van der Waals surface area contributed by atoms with Gasteiger partial charge in [-0.3, -0.25) is 0 Å². The van der Waals surface area contributed by atoms with Crippen LogP contribution in [0.2, 0.25) is 0 Å². The number of rotatable bonds is 6. The molecule has 0 atom stereocenters. The second kappa shape index (κ2) is 6.44. The molecule has 19 heavy (non-hydrogen) atoms. The first kappa shape index (κ1) is 13.7. The normalized spacial score (nSPS) is 10.5. The second-order valence-corrected chi connectivity index (χ2v) is 4.89. The molecule has 6 nitrogen and oxygen atoms in total. The third-order valence-electron chi connectivity index (χ3n) is 2.53. The summed E-state index contributed by atoms with van der Waals surface area (Å²) in [6.07, 6.45) is 1.42. The van der Waals surface area contributed by atoms with Crippen LogP contribution >= 0.6 is 11.3 Å². The summed E-state index contributed by atoms with van der Waals surface area (Å²) < 4.78 is 10.4. The molecule has 2 heterocycles. The van der Waals surface area contributed by atoms with Gasteiger partial charge in [-0.1, -0.05) is 0 Å². The van der Waals surface area contributed by atoms with Crippen LogP contribution in [0.3, 0.4) is 0 Å². The summed E-state index contributed by atoms with van der Waals surface area (Å²) in [5, 5.41) is 6.39. The average molecular weight is 280 g/mol. The van der Waals surface area contributed by atoms with E-state index in [1.807, 2.05) is 12.3 Å². The molecule has 0 amide bonds. The van der Waals surface area contributed by atoms with Crippen LogP contribution in [-0.2, 0) is 13.1 Å². The minimum atomic E-state index is 0.522. The van der Waals surface area contributed by atoms with Gasteiger partial charge in [-0.05, 0) is 6.92 Å². The third kappa shape index (κ3) is 3.39. The van der Waals surface area contributed by atoms with Crippen LogP contribution in [0.25, 0.3) is 0 Å². The Kier molecular flexibility index (Phi) is 4.64. The fourth-order valence-corrected chi connectivity index (χ4v) is 2.30. The van der Waals surface area contributed by atoms with Crippen molar-refractivity contribution in [2.45, 2.75) is 20.0 Å². The molecule has 0 radical (unpaired) electrons. The van der Waals surface area contributed by atoms with Gasteiger partial charge in [-0.25, -0.2) is 15.0 Å². The van der Waals surface area contributed by atoms with Gasteiger partial charge in [0.15, 0.2) is 0 Å². The Balaban J connectivity index is 2.02. The van der Waals surface area contributed by atoms with Gasteiger partial charge in [-0.2, -0.15) is 0 Å². The van der Waals surface area contributed by atoms with E-state index in [1.54, 1.807) is 25.6 Å². The number of hydrogen-bond donors (Lipinski definition) is 1. The predicted molar refractivity (Wildman–Crippen MR) is 72.5 cm³/mol. The molecule has 2 rings (SSSR count). The van der Waals surface area contributed by atoms with E-state index >= 15 is 0 Å². The summed E-state index contributed by atoms with van der Waals surface area (Å²) in [5.41, 5.74) is 1.83. The molecule has 7 heteroatoms. The van der Waals surface area contributed by atoms with Crippen LogP contribution in [0.1, 0.15) is 16.3 Å². The molecule has 0 spiro atoms. The molecule has 0 aliphatic rings. The topological polar surface area (TPSA) is 69.2 Å². The monoisotopic (exact) mass is 280 g/mol. The van der Waals surface area contributed by atoms with Crippen molar-refractivity contribution >= 4 is 11.3 Å². The van der Waals surface area contributed by atoms with Crippen molar-refractivity contribution in [1.29, 1.82) is 0 Å². The highest BCUT2D eigenvalue weighted by Gasteiger charge is 2.12. The van der Waals surface area contributed by atoms with Gasteiger partial charge in [0.1, 0.15) is 6.33 Å². The van der Waals surface area contributed by atoms with Gasteiger partial charge in [0.25, 0.3) is 0 Å². The van der Waals surface area contributed by atoms with E-state index in [0.29, 0.717) is 24.8 Å². The minimum absolute atomic E-state index is 0.522. The van der Waals surface area contributed by atoms with Crippen LogP contribution in [0.4, 0.5) is 0 Å². The van der Waals surface area contributed by atoms with Crippen molar-refractivity contribution < 1.29 is 9.47 Å². The minimum Gasteiger partial charge on any atom is -0.481 e. The van der Waals surface area contributed by atoms with Crippen molar-refractivity contribution in [2.24, 2.45) is 0 Å². The Hall–Kier alpha value is -1.73. The lowest BCUT2D eigenvalue weighted by Gasteiger charge is -2.11. The first-order valence-electron chi connectivity index (χ1n) is 5.78. The Morgan fingerprint density at radius 2 is 1.84 bits per heavy atom. The van der Waals surface area contributed by atoms with E-state index in [9.17, 15) is 0 Å². The lowest BCUT2D eigenvalue weighted by atomic mass is 10.3. The molecule has 0 aliphatic carbocycles. The Bertz CT molecular complexity index is 522. The average Bonchev–Trinajstić information content (AvgIpc) is 2.84. The van der Waals surface area contributed by atoms with Crippen LogP contribution in [0, 0.1) is 6.92 Å². The number of thiazole rings is 1. The lowest BCUT2D eigenvalue weighted by Crippen LogP contribution is -2.15. The molecule has 0 saturated heterocycles. The van der Waals surface area contributed by atoms with Crippen molar-refractivity contribution in [2.75, 3.05) is 14.2 Å². The molecule has 102 valence electrons. The molecule has 0 saturated carbocycles. The number of hydrogen-bond acceptors (Lipinski definition) is 7.